The summed E-state index contributed by atoms with van der Waals surface area (Å²) in [6.07, 6.45) is 0. The Hall–Kier alpha value is -1.81. The van der Waals surface area contributed by atoms with E-state index in [1.807, 2.05) is 39.0 Å². The van der Waals surface area contributed by atoms with Crippen molar-refractivity contribution in [3.05, 3.63) is 57.1 Å². The molecule has 0 aromatic heterocycles. The van der Waals surface area contributed by atoms with E-state index >= 15 is 0 Å². The van der Waals surface area contributed by atoms with Crippen molar-refractivity contribution in [2.45, 2.75) is 27.7 Å². The van der Waals surface area contributed by atoms with E-state index in [0.29, 0.717) is 0 Å². The summed E-state index contributed by atoms with van der Waals surface area (Å²) in [5.74, 6) is -0.0441. The van der Waals surface area contributed by atoms with E-state index in [1.54, 1.807) is 0 Å². The van der Waals surface area contributed by atoms with Gasteiger partial charge in [-0.15, -0.1) is 0 Å². The van der Waals surface area contributed by atoms with E-state index in [9.17, 15) is 4.79 Å². The number of amides is 1. The molecule has 0 heterocycles. The van der Waals surface area contributed by atoms with E-state index in [0.717, 1.165) is 32.5 Å². The summed E-state index contributed by atoms with van der Waals surface area (Å²) in [5.41, 5.74) is 6.36. The second-order valence-corrected chi connectivity index (χ2v) is 6.55. The minimum atomic E-state index is -0.0441. The van der Waals surface area contributed by atoms with Gasteiger partial charge in [0.1, 0.15) is 0 Å². The van der Waals surface area contributed by atoms with Crippen LogP contribution in [0.4, 0.5) is 11.4 Å². The van der Waals surface area contributed by atoms with E-state index in [1.165, 1.54) is 5.56 Å². The van der Waals surface area contributed by atoms with Gasteiger partial charge in [0.05, 0.1) is 6.54 Å². The molecule has 2 aromatic rings. The van der Waals surface area contributed by atoms with Crippen LogP contribution < -0.4 is 10.6 Å². The molecule has 0 aliphatic heterocycles. The number of rotatable bonds is 4. The molecule has 2 aromatic carbocycles. The quantitative estimate of drug-likeness (QED) is 0.826. The highest BCUT2D eigenvalue weighted by Gasteiger charge is 2.08. The van der Waals surface area contributed by atoms with Gasteiger partial charge in [0.2, 0.25) is 5.91 Å². The Morgan fingerprint density at radius 1 is 1.00 bits per heavy atom. The Labute approximate surface area is 140 Å². The predicted octanol–water partition coefficient (Wildman–Crippen LogP) is 4.73. The molecule has 0 fully saturated rings. The molecule has 0 unspecified atom stereocenters. The van der Waals surface area contributed by atoms with Gasteiger partial charge in [-0.25, -0.2) is 0 Å². The molecular weight excluding hydrogens is 340 g/mol. The summed E-state index contributed by atoms with van der Waals surface area (Å²) in [7, 11) is 0. The van der Waals surface area contributed by atoms with Gasteiger partial charge < -0.3 is 10.6 Å². The average Bonchev–Trinajstić information content (AvgIpc) is 2.42. The molecule has 1 amide bonds. The molecule has 22 heavy (non-hydrogen) atoms. The van der Waals surface area contributed by atoms with Crippen molar-refractivity contribution in [2.24, 2.45) is 0 Å². The maximum absolute atomic E-state index is 12.2. The minimum Gasteiger partial charge on any atom is -0.376 e. The molecule has 2 N–H and O–H groups in total. The second kappa shape index (κ2) is 6.97. The topological polar surface area (TPSA) is 41.1 Å². The van der Waals surface area contributed by atoms with Crippen molar-refractivity contribution in [3.63, 3.8) is 0 Å². The lowest BCUT2D eigenvalue weighted by Gasteiger charge is -2.14. The maximum atomic E-state index is 12.2. The van der Waals surface area contributed by atoms with Crippen LogP contribution in [0.25, 0.3) is 0 Å². The van der Waals surface area contributed by atoms with Crippen LogP contribution >= 0.6 is 15.9 Å². The first-order valence-corrected chi connectivity index (χ1v) is 8.04. The lowest BCUT2D eigenvalue weighted by atomic mass is 10.1. The van der Waals surface area contributed by atoms with Gasteiger partial charge in [0.15, 0.2) is 0 Å². The van der Waals surface area contributed by atoms with Crippen molar-refractivity contribution in [2.75, 3.05) is 17.2 Å². The highest BCUT2D eigenvalue weighted by Crippen LogP contribution is 2.22. The smallest absolute Gasteiger partial charge is 0.243 e. The molecule has 0 saturated heterocycles. The Morgan fingerprint density at radius 2 is 1.64 bits per heavy atom. The summed E-state index contributed by atoms with van der Waals surface area (Å²) in [6, 6.07) is 10.1. The summed E-state index contributed by atoms with van der Waals surface area (Å²) >= 11 is 3.44. The number of nitrogens with one attached hydrogen (secondary N) is 2. The summed E-state index contributed by atoms with van der Waals surface area (Å²) in [5, 5.41) is 6.17. The van der Waals surface area contributed by atoms with Gasteiger partial charge in [-0.2, -0.15) is 0 Å². The van der Waals surface area contributed by atoms with E-state index in [2.05, 4.69) is 45.6 Å². The van der Waals surface area contributed by atoms with Crippen LogP contribution in [0.2, 0.25) is 0 Å². The molecule has 0 radical (unpaired) electrons. The lowest BCUT2D eigenvalue weighted by molar-refractivity contribution is -0.114. The molecule has 0 saturated carbocycles. The second-order valence-electron chi connectivity index (χ2n) is 5.63. The van der Waals surface area contributed by atoms with Crippen LogP contribution in [0, 0.1) is 27.7 Å². The van der Waals surface area contributed by atoms with Crippen LogP contribution in [-0.2, 0) is 4.79 Å². The zero-order chi connectivity index (χ0) is 16.3. The van der Waals surface area contributed by atoms with E-state index in [-0.39, 0.29) is 12.5 Å². The minimum absolute atomic E-state index is 0.0441. The molecular formula is C18H21BrN2O. The first kappa shape index (κ1) is 16.6. The Morgan fingerprint density at radius 3 is 2.23 bits per heavy atom. The zero-order valence-corrected chi connectivity index (χ0v) is 15.0. The van der Waals surface area contributed by atoms with Crippen molar-refractivity contribution in [1.29, 1.82) is 0 Å². The number of benzene rings is 2. The van der Waals surface area contributed by atoms with Gasteiger partial charge in [0, 0.05) is 15.8 Å². The molecule has 116 valence electrons. The number of carbonyl (C=O) groups is 1. The lowest BCUT2D eigenvalue weighted by Crippen LogP contribution is -2.23. The number of hydrogen-bond acceptors (Lipinski definition) is 2. The zero-order valence-electron chi connectivity index (χ0n) is 13.4. The van der Waals surface area contributed by atoms with Crippen molar-refractivity contribution in [1.82, 2.24) is 0 Å². The first-order valence-electron chi connectivity index (χ1n) is 7.24. The molecule has 3 nitrogen and oxygen atoms in total. The Bertz CT molecular complexity index is 687. The number of carbonyl (C=O) groups excluding carboxylic acids is 1. The molecule has 0 spiro atoms. The van der Waals surface area contributed by atoms with Gasteiger partial charge in [-0.1, -0.05) is 33.6 Å². The molecule has 0 aliphatic carbocycles. The third-order valence-electron chi connectivity index (χ3n) is 3.57. The van der Waals surface area contributed by atoms with Gasteiger partial charge in [-0.3, -0.25) is 4.79 Å². The van der Waals surface area contributed by atoms with Crippen LogP contribution in [0.15, 0.2) is 34.8 Å². The molecule has 4 heteroatoms. The van der Waals surface area contributed by atoms with Crippen molar-refractivity contribution >= 4 is 33.2 Å². The van der Waals surface area contributed by atoms with E-state index < -0.39 is 0 Å². The highest BCUT2D eigenvalue weighted by molar-refractivity contribution is 9.10. The number of aryl methyl sites for hydroxylation is 4. The van der Waals surface area contributed by atoms with Crippen molar-refractivity contribution < 1.29 is 4.79 Å². The van der Waals surface area contributed by atoms with Gasteiger partial charge in [-0.05, 0) is 62.6 Å². The summed E-state index contributed by atoms with van der Waals surface area (Å²) < 4.78 is 1.03. The third-order valence-corrected chi connectivity index (χ3v) is 4.06. The van der Waals surface area contributed by atoms with Gasteiger partial charge >= 0.3 is 0 Å². The van der Waals surface area contributed by atoms with Crippen molar-refractivity contribution in [3.8, 4) is 0 Å². The van der Waals surface area contributed by atoms with Crippen LogP contribution in [0.1, 0.15) is 22.3 Å². The third kappa shape index (κ3) is 4.10. The molecule has 2 rings (SSSR count). The fourth-order valence-corrected chi connectivity index (χ4v) is 3.04. The Balaban J connectivity index is 2.02. The standard InChI is InChI=1S/C18H21BrN2O/c1-11-7-13(3)18(14(4)8-11)21-17(22)10-20-16-6-5-15(19)9-12(16)2/h5-9,20H,10H2,1-4H3,(H,21,22). The predicted molar refractivity (Wildman–Crippen MR) is 96.7 cm³/mol. The summed E-state index contributed by atoms with van der Waals surface area (Å²) in [4.78, 5) is 12.2. The fraction of sp³-hybridized carbons (Fsp3) is 0.278. The largest absolute Gasteiger partial charge is 0.376 e. The SMILES string of the molecule is Cc1cc(C)c(NC(=O)CNc2ccc(Br)cc2C)c(C)c1. The molecule has 0 bridgehead atoms. The van der Waals surface area contributed by atoms with Crippen LogP contribution in [-0.4, -0.2) is 12.5 Å². The maximum Gasteiger partial charge on any atom is 0.243 e. The molecule has 0 aliphatic rings. The fourth-order valence-electron chi connectivity index (χ4n) is 2.56. The number of anilines is 2. The monoisotopic (exact) mass is 360 g/mol. The van der Waals surface area contributed by atoms with Gasteiger partial charge in [0.25, 0.3) is 0 Å². The summed E-state index contributed by atoms with van der Waals surface area (Å²) in [6.45, 7) is 8.35. The number of hydrogen-bond donors (Lipinski definition) is 2. The normalized spacial score (nSPS) is 10.4. The number of halogens is 1. The average molecular weight is 361 g/mol. The first-order chi connectivity index (χ1) is 10.4. The Kier molecular flexibility index (Phi) is 5.24. The van der Waals surface area contributed by atoms with Crippen LogP contribution in [0.3, 0.4) is 0 Å². The molecule has 0 atom stereocenters. The van der Waals surface area contributed by atoms with E-state index in [4.69, 9.17) is 0 Å². The highest BCUT2D eigenvalue weighted by atomic mass is 79.9. The van der Waals surface area contributed by atoms with Crippen LogP contribution in [0.5, 0.6) is 0 Å².